The highest BCUT2D eigenvalue weighted by molar-refractivity contribution is 5.81. The van der Waals surface area contributed by atoms with Gasteiger partial charge >= 0.3 is 0 Å². The number of ether oxygens (including phenoxy) is 2. The van der Waals surface area contributed by atoms with Gasteiger partial charge in [0.15, 0.2) is 11.5 Å². The van der Waals surface area contributed by atoms with Crippen LogP contribution in [0, 0.1) is 0 Å². The molecule has 7 heteroatoms. The van der Waals surface area contributed by atoms with Gasteiger partial charge in [-0.25, -0.2) is 0 Å². The van der Waals surface area contributed by atoms with E-state index in [1.165, 1.54) is 12.1 Å². The van der Waals surface area contributed by atoms with Gasteiger partial charge in [-0.05, 0) is 24.1 Å². The van der Waals surface area contributed by atoms with Crippen molar-refractivity contribution in [1.29, 1.82) is 0 Å². The molecule has 1 aromatic carbocycles. The molecule has 0 bridgehead atoms. The van der Waals surface area contributed by atoms with Crippen LogP contribution in [-0.2, 0) is 20.7 Å². The van der Waals surface area contributed by atoms with Crippen molar-refractivity contribution in [2.45, 2.75) is 18.6 Å². The molecule has 116 valence electrons. The summed E-state index contributed by atoms with van der Waals surface area (Å²) in [6.07, 6.45) is 0.120. The summed E-state index contributed by atoms with van der Waals surface area (Å²) < 4.78 is 10.6. The fourth-order valence-corrected chi connectivity index (χ4v) is 2.04. The van der Waals surface area contributed by atoms with Gasteiger partial charge in [-0.2, -0.15) is 0 Å². The molecule has 0 aromatic heterocycles. The number of carbonyl (C=O) groups is 1. The molecule has 1 aromatic rings. The van der Waals surface area contributed by atoms with Crippen molar-refractivity contribution in [3.8, 4) is 11.5 Å². The van der Waals surface area contributed by atoms with Crippen molar-refractivity contribution in [3.05, 3.63) is 23.8 Å². The summed E-state index contributed by atoms with van der Waals surface area (Å²) in [6, 6.07) is 3.63. The number of nitrogens with one attached hydrogen (secondary N) is 1. The van der Waals surface area contributed by atoms with E-state index in [0.29, 0.717) is 31.9 Å². The Morgan fingerprint density at radius 2 is 2.19 bits per heavy atom. The summed E-state index contributed by atoms with van der Waals surface area (Å²) >= 11 is 0. The van der Waals surface area contributed by atoms with Crippen LogP contribution in [0.25, 0.3) is 0 Å². The molecule has 1 unspecified atom stereocenters. The number of phenolic OH excluding ortho intramolecular Hbond substituents is 2. The van der Waals surface area contributed by atoms with Gasteiger partial charge in [0, 0.05) is 6.54 Å². The topological polar surface area (TPSA) is 114 Å². The minimum Gasteiger partial charge on any atom is -0.504 e. The predicted octanol–water partition coefficient (Wildman–Crippen LogP) is -0.501. The van der Waals surface area contributed by atoms with Crippen LogP contribution in [0.3, 0.4) is 0 Å². The van der Waals surface area contributed by atoms with E-state index < -0.39 is 6.04 Å². The molecule has 2 atom stereocenters. The summed E-state index contributed by atoms with van der Waals surface area (Å²) in [7, 11) is 0. The van der Waals surface area contributed by atoms with E-state index in [4.69, 9.17) is 15.2 Å². The monoisotopic (exact) mass is 296 g/mol. The average Bonchev–Trinajstić information content (AvgIpc) is 2.49. The van der Waals surface area contributed by atoms with Gasteiger partial charge in [0.25, 0.3) is 0 Å². The lowest BCUT2D eigenvalue weighted by Crippen LogP contribution is -2.46. The second-order valence-electron chi connectivity index (χ2n) is 4.95. The number of amides is 1. The van der Waals surface area contributed by atoms with Gasteiger partial charge in [0.2, 0.25) is 5.91 Å². The van der Waals surface area contributed by atoms with Crippen LogP contribution in [0.4, 0.5) is 0 Å². The third-order valence-electron chi connectivity index (χ3n) is 3.22. The SMILES string of the molecule is N[C@@H](Cc1ccc(O)c(O)c1)C(=O)NCC1COCCO1. The van der Waals surface area contributed by atoms with Crippen molar-refractivity contribution >= 4 is 5.91 Å². The van der Waals surface area contributed by atoms with E-state index in [1.807, 2.05) is 0 Å². The van der Waals surface area contributed by atoms with E-state index >= 15 is 0 Å². The van der Waals surface area contributed by atoms with Gasteiger partial charge in [0.05, 0.1) is 32.0 Å². The molecule has 1 heterocycles. The lowest BCUT2D eigenvalue weighted by atomic mass is 10.1. The van der Waals surface area contributed by atoms with Crippen LogP contribution in [0.5, 0.6) is 11.5 Å². The lowest BCUT2D eigenvalue weighted by molar-refractivity contribution is -0.125. The minimum absolute atomic E-state index is 0.146. The van der Waals surface area contributed by atoms with Crippen molar-refractivity contribution < 1.29 is 24.5 Å². The quantitative estimate of drug-likeness (QED) is 0.545. The van der Waals surface area contributed by atoms with Crippen molar-refractivity contribution in [2.75, 3.05) is 26.4 Å². The van der Waals surface area contributed by atoms with Gasteiger partial charge in [0.1, 0.15) is 0 Å². The van der Waals surface area contributed by atoms with E-state index in [-0.39, 0.29) is 29.9 Å². The Labute approximate surface area is 122 Å². The van der Waals surface area contributed by atoms with Crippen molar-refractivity contribution in [2.24, 2.45) is 5.73 Å². The fourth-order valence-electron chi connectivity index (χ4n) is 2.04. The standard InChI is InChI=1S/C14H20N2O5/c15-11(5-9-1-2-12(17)13(18)6-9)14(19)16-7-10-8-20-3-4-21-10/h1-2,6,10-11,17-18H,3-5,7-8,15H2,(H,16,19)/t10?,11-/m0/s1. The number of rotatable bonds is 5. The molecule has 1 aliphatic heterocycles. The van der Waals surface area contributed by atoms with Crippen molar-refractivity contribution in [3.63, 3.8) is 0 Å². The average molecular weight is 296 g/mol. The summed E-state index contributed by atoms with van der Waals surface area (Å²) in [5, 5.41) is 21.4. The van der Waals surface area contributed by atoms with Crippen LogP contribution >= 0.6 is 0 Å². The van der Waals surface area contributed by atoms with Crippen LogP contribution in [0.15, 0.2) is 18.2 Å². The second kappa shape index (κ2) is 7.26. The molecule has 1 amide bonds. The number of phenols is 2. The minimum atomic E-state index is -0.738. The molecule has 2 rings (SSSR count). The normalized spacial score (nSPS) is 20.0. The molecule has 7 nitrogen and oxygen atoms in total. The predicted molar refractivity (Wildman–Crippen MR) is 75.0 cm³/mol. The third kappa shape index (κ3) is 4.59. The molecular formula is C14H20N2O5. The summed E-state index contributed by atoms with van der Waals surface area (Å²) in [6.45, 7) is 1.92. The molecule has 0 saturated carbocycles. The van der Waals surface area contributed by atoms with Gasteiger partial charge < -0.3 is 30.7 Å². The molecule has 1 fully saturated rings. The number of benzene rings is 1. The Bertz CT molecular complexity index is 488. The molecule has 5 N–H and O–H groups in total. The van der Waals surface area contributed by atoms with Gasteiger partial charge in [-0.15, -0.1) is 0 Å². The van der Waals surface area contributed by atoms with Crippen LogP contribution in [-0.4, -0.2) is 54.6 Å². The Morgan fingerprint density at radius 1 is 1.38 bits per heavy atom. The maximum Gasteiger partial charge on any atom is 0.237 e. The molecule has 0 aliphatic carbocycles. The van der Waals surface area contributed by atoms with E-state index in [0.717, 1.165) is 0 Å². The molecule has 21 heavy (non-hydrogen) atoms. The highest BCUT2D eigenvalue weighted by atomic mass is 16.6. The number of nitrogens with two attached hydrogens (primary N) is 1. The molecule has 0 spiro atoms. The lowest BCUT2D eigenvalue weighted by Gasteiger charge is -2.23. The maximum absolute atomic E-state index is 11.9. The largest absolute Gasteiger partial charge is 0.504 e. The van der Waals surface area contributed by atoms with Gasteiger partial charge in [-0.1, -0.05) is 6.07 Å². The first-order chi connectivity index (χ1) is 10.1. The van der Waals surface area contributed by atoms with Crippen LogP contribution in [0.2, 0.25) is 0 Å². The third-order valence-corrected chi connectivity index (χ3v) is 3.22. The maximum atomic E-state index is 11.9. The highest BCUT2D eigenvalue weighted by Crippen LogP contribution is 2.25. The first-order valence-corrected chi connectivity index (χ1v) is 6.79. The fraction of sp³-hybridized carbons (Fsp3) is 0.500. The van der Waals surface area contributed by atoms with E-state index in [2.05, 4.69) is 5.32 Å². The first kappa shape index (κ1) is 15.6. The van der Waals surface area contributed by atoms with E-state index in [9.17, 15) is 15.0 Å². The Hall–Kier alpha value is -1.83. The first-order valence-electron chi connectivity index (χ1n) is 6.79. The summed E-state index contributed by atoms with van der Waals surface area (Å²) in [5.74, 6) is -0.726. The molecule has 1 aliphatic rings. The zero-order chi connectivity index (χ0) is 15.2. The summed E-state index contributed by atoms with van der Waals surface area (Å²) in [5.41, 5.74) is 6.50. The number of carbonyl (C=O) groups excluding carboxylic acids is 1. The van der Waals surface area contributed by atoms with Crippen LogP contribution < -0.4 is 11.1 Å². The van der Waals surface area contributed by atoms with Crippen LogP contribution in [0.1, 0.15) is 5.56 Å². The van der Waals surface area contributed by atoms with E-state index in [1.54, 1.807) is 6.07 Å². The molecular weight excluding hydrogens is 276 g/mol. The zero-order valence-corrected chi connectivity index (χ0v) is 11.6. The smallest absolute Gasteiger partial charge is 0.237 e. The number of hydrogen-bond donors (Lipinski definition) is 4. The Morgan fingerprint density at radius 3 is 2.86 bits per heavy atom. The zero-order valence-electron chi connectivity index (χ0n) is 11.6. The highest BCUT2D eigenvalue weighted by Gasteiger charge is 2.19. The molecule has 0 radical (unpaired) electrons. The van der Waals surface area contributed by atoms with Gasteiger partial charge in [-0.3, -0.25) is 4.79 Å². The molecule has 1 saturated heterocycles. The number of aromatic hydroxyl groups is 2. The summed E-state index contributed by atoms with van der Waals surface area (Å²) in [4.78, 5) is 11.9. The number of hydrogen-bond acceptors (Lipinski definition) is 6. The Balaban J connectivity index is 1.79. The second-order valence-corrected chi connectivity index (χ2v) is 4.95. The Kier molecular flexibility index (Phi) is 5.38. The van der Waals surface area contributed by atoms with Crippen molar-refractivity contribution in [1.82, 2.24) is 5.32 Å².